The zero-order valence-electron chi connectivity index (χ0n) is 15.4. The minimum Gasteiger partial charge on any atom is -0.452 e. The summed E-state index contributed by atoms with van der Waals surface area (Å²) in [6.07, 6.45) is 0.976. The summed E-state index contributed by atoms with van der Waals surface area (Å²) in [6.45, 7) is 6.08. The van der Waals surface area contributed by atoms with Crippen molar-refractivity contribution >= 4 is 46.2 Å². The predicted molar refractivity (Wildman–Crippen MR) is 116 cm³/mol. The SMILES string of the molecule is Clc1c(Cl)c2c(c(Cl)c1NCCCN1CCN(c3ccccc3)CC1)OCO2. The standard InChI is InChI=1S/C20H22Cl3N3O2/c21-15-16(22)19-20(28-13-27-19)17(23)18(15)24-7-4-8-25-9-11-26(12-10-25)14-5-2-1-3-6-14/h1-3,5-6,24H,4,7-13H2. The van der Waals surface area contributed by atoms with Crippen LogP contribution in [0.5, 0.6) is 11.5 Å². The van der Waals surface area contributed by atoms with Crippen molar-refractivity contribution in [3.8, 4) is 11.5 Å². The molecule has 4 rings (SSSR count). The topological polar surface area (TPSA) is 37.0 Å². The maximum absolute atomic E-state index is 6.41. The lowest BCUT2D eigenvalue weighted by atomic mass is 10.2. The molecule has 0 amide bonds. The highest BCUT2D eigenvalue weighted by atomic mass is 35.5. The third-order valence-electron chi connectivity index (χ3n) is 5.09. The molecule has 0 unspecified atom stereocenters. The van der Waals surface area contributed by atoms with Crippen molar-refractivity contribution in [3.63, 3.8) is 0 Å². The molecule has 2 aromatic carbocycles. The van der Waals surface area contributed by atoms with E-state index < -0.39 is 0 Å². The van der Waals surface area contributed by atoms with Crippen molar-refractivity contribution in [2.24, 2.45) is 0 Å². The molecule has 0 radical (unpaired) electrons. The van der Waals surface area contributed by atoms with Crippen molar-refractivity contribution in [1.82, 2.24) is 4.90 Å². The fourth-order valence-corrected chi connectivity index (χ4v) is 4.40. The number of benzene rings is 2. The first-order chi connectivity index (χ1) is 13.6. The molecule has 1 N–H and O–H groups in total. The third kappa shape index (κ3) is 4.08. The molecule has 0 aliphatic carbocycles. The highest BCUT2D eigenvalue weighted by molar-refractivity contribution is 6.47. The van der Waals surface area contributed by atoms with Crippen LogP contribution in [0.3, 0.4) is 0 Å². The van der Waals surface area contributed by atoms with E-state index in [9.17, 15) is 0 Å². The van der Waals surface area contributed by atoms with Gasteiger partial charge in [-0.15, -0.1) is 0 Å². The van der Waals surface area contributed by atoms with Gasteiger partial charge < -0.3 is 19.7 Å². The van der Waals surface area contributed by atoms with Crippen molar-refractivity contribution in [2.45, 2.75) is 6.42 Å². The van der Waals surface area contributed by atoms with Crippen molar-refractivity contribution in [1.29, 1.82) is 0 Å². The molecule has 2 aromatic rings. The lowest BCUT2D eigenvalue weighted by molar-refractivity contribution is 0.174. The Morgan fingerprint density at radius 1 is 0.857 bits per heavy atom. The molecule has 28 heavy (non-hydrogen) atoms. The first-order valence-electron chi connectivity index (χ1n) is 9.37. The maximum atomic E-state index is 6.41. The normalized spacial score (nSPS) is 16.5. The third-order valence-corrected chi connectivity index (χ3v) is 6.29. The van der Waals surface area contributed by atoms with Crippen LogP contribution in [-0.2, 0) is 0 Å². The number of para-hydroxylation sites is 1. The summed E-state index contributed by atoms with van der Waals surface area (Å²) in [5.74, 6) is 0.870. The molecule has 150 valence electrons. The lowest BCUT2D eigenvalue weighted by Gasteiger charge is -2.36. The molecule has 8 heteroatoms. The van der Waals surface area contributed by atoms with Gasteiger partial charge in [0.1, 0.15) is 10.0 Å². The number of piperazine rings is 1. The fourth-order valence-electron chi connectivity index (χ4n) is 3.56. The lowest BCUT2D eigenvalue weighted by Crippen LogP contribution is -2.46. The van der Waals surface area contributed by atoms with E-state index in [1.807, 2.05) is 0 Å². The summed E-state index contributed by atoms with van der Waals surface area (Å²) in [4.78, 5) is 4.92. The second-order valence-corrected chi connectivity index (χ2v) is 7.96. The van der Waals surface area contributed by atoms with Gasteiger partial charge in [0.15, 0.2) is 11.5 Å². The van der Waals surface area contributed by atoms with Crippen LogP contribution in [0.1, 0.15) is 6.42 Å². The van der Waals surface area contributed by atoms with Gasteiger partial charge in [-0.3, -0.25) is 4.90 Å². The van der Waals surface area contributed by atoms with Gasteiger partial charge in [-0.1, -0.05) is 53.0 Å². The van der Waals surface area contributed by atoms with Gasteiger partial charge in [0.2, 0.25) is 6.79 Å². The number of nitrogens with one attached hydrogen (secondary N) is 1. The molecule has 0 aromatic heterocycles. The number of ether oxygens (including phenoxy) is 2. The second kappa shape index (κ2) is 8.87. The zero-order chi connectivity index (χ0) is 19.5. The molecule has 2 aliphatic heterocycles. The van der Waals surface area contributed by atoms with Crippen LogP contribution >= 0.6 is 34.8 Å². The highest BCUT2D eigenvalue weighted by Crippen LogP contribution is 2.52. The number of hydrogen-bond acceptors (Lipinski definition) is 5. The van der Waals surface area contributed by atoms with Gasteiger partial charge in [-0.05, 0) is 25.1 Å². The zero-order valence-corrected chi connectivity index (χ0v) is 17.7. The molecule has 1 saturated heterocycles. The smallest absolute Gasteiger partial charge is 0.231 e. The van der Waals surface area contributed by atoms with E-state index in [1.165, 1.54) is 5.69 Å². The van der Waals surface area contributed by atoms with Crippen LogP contribution in [0.4, 0.5) is 11.4 Å². The van der Waals surface area contributed by atoms with Crippen LogP contribution in [0.15, 0.2) is 30.3 Å². The molecule has 5 nitrogen and oxygen atoms in total. The molecule has 0 atom stereocenters. The number of hydrogen-bond donors (Lipinski definition) is 1. The van der Waals surface area contributed by atoms with Crippen LogP contribution in [0.2, 0.25) is 15.1 Å². The number of anilines is 2. The van der Waals surface area contributed by atoms with E-state index >= 15 is 0 Å². The van der Waals surface area contributed by atoms with Crippen molar-refractivity contribution < 1.29 is 9.47 Å². The van der Waals surface area contributed by atoms with E-state index in [1.54, 1.807) is 0 Å². The Morgan fingerprint density at radius 3 is 2.25 bits per heavy atom. The Kier molecular flexibility index (Phi) is 6.26. The number of nitrogens with zero attached hydrogens (tertiary/aromatic N) is 2. The van der Waals surface area contributed by atoms with E-state index in [-0.39, 0.29) is 6.79 Å². The first-order valence-corrected chi connectivity index (χ1v) is 10.5. The van der Waals surface area contributed by atoms with Crippen LogP contribution in [0, 0.1) is 0 Å². The van der Waals surface area contributed by atoms with E-state index in [2.05, 4.69) is 45.4 Å². The quantitative estimate of drug-likeness (QED) is 0.503. The monoisotopic (exact) mass is 441 g/mol. The summed E-state index contributed by atoms with van der Waals surface area (Å²) < 4.78 is 10.7. The number of fused-ring (bicyclic) bond motifs is 1. The number of rotatable bonds is 6. The molecular formula is C20H22Cl3N3O2. The highest BCUT2D eigenvalue weighted by Gasteiger charge is 2.27. The summed E-state index contributed by atoms with van der Waals surface area (Å²) in [7, 11) is 0. The Labute approximate surface area is 180 Å². The Hall–Kier alpha value is -1.53. The van der Waals surface area contributed by atoms with Crippen molar-refractivity contribution in [2.75, 3.05) is 56.3 Å². The van der Waals surface area contributed by atoms with Crippen LogP contribution in [-0.4, -0.2) is 51.0 Å². The van der Waals surface area contributed by atoms with Crippen LogP contribution in [0.25, 0.3) is 0 Å². The molecule has 2 aliphatic rings. The Morgan fingerprint density at radius 2 is 1.54 bits per heavy atom. The summed E-state index contributed by atoms with van der Waals surface area (Å²) in [5, 5.41) is 4.42. The molecule has 2 heterocycles. The summed E-state index contributed by atoms with van der Waals surface area (Å²) in [6, 6.07) is 10.6. The molecular weight excluding hydrogens is 421 g/mol. The van der Waals surface area contributed by atoms with Gasteiger partial charge in [-0.25, -0.2) is 0 Å². The average Bonchev–Trinajstić information content (AvgIpc) is 3.23. The van der Waals surface area contributed by atoms with Gasteiger partial charge in [0.05, 0.1) is 10.7 Å². The average molecular weight is 443 g/mol. The van der Waals surface area contributed by atoms with E-state index in [0.717, 1.165) is 45.7 Å². The predicted octanol–water partition coefficient (Wildman–Crippen LogP) is 5.00. The number of halogens is 3. The van der Waals surface area contributed by atoms with E-state index in [4.69, 9.17) is 44.3 Å². The van der Waals surface area contributed by atoms with Gasteiger partial charge in [-0.2, -0.15) is 0 Å². The molecule has 1 fully saturated rings. The summed E-state index contributed by atoms with van der Waals surface area (Å²) >= 11 is 19.0. The second-order valence-electron chi connectivity index (χ2n) is 6.83. The minimum atomic E-state index is 0.101. The van der Waals surface area contributed by atoms with E-state index in [0.29, 0.717) is 32.3 Å². The molecule has 0 bridgehead atoms. The minimum absolute atomic E-state index is 0.101. The Bertz CT molecular complexity index is 827. The van der Waals surface area contributed by atoms with Crippen LogP contribution < -0.4 is 19.7 Å². The fraction of sp³-hybridized carbons (Fsp3) is 0.400. The van der Waals surface area contributed by atoms with Gasteiger partial charge >= 0.3 is 0 Å². The molecule has 0 spiro atoms. The van der Waals surface area contributed by atoms with Gasteiger partial charge in [0, 0.05) is 38.4 Å². The first kappa shape index (κ1) is 19.8. The molecule has 0 saturated carbocycles. The summed E-state index contributed by atoms with van der Waals surface area (Å²) in [5.41, 5.74) is 1.90. The largest absolute Gasteiger partial charge is 0.452 e. The maximum Gasteiger partial charge on any atom is 0.231 e. The Balaban J connectivity index is 1.26. The van der Waals surface area contributed by atoms with Crippen molar-refractivity contribution in [3.05, 3.63) is 45.4 Å². The van der Waals surface area contributed by atoms with Gasteiger partial charge in [0.25, 0.3) is 0 Å².